The van der Waals surface area contributed by atoms with Gasteiger partial charge in [0, 0.05) is 6.61 Å². The Labute approximate surface area is 156 Å². The molecule has 0 saturated carbocycles. The van der Waals surface area contributed by atoms with Gasteiger partial charge in [-0.15, -0.1) is 0 Å². The Bertz CT molecular complexity index is 368. The van der Waals surface area contributed by atoms with Gasteiger partial charge in [0.1, 0.15) is 0 Å². The number of unbranched alkanes of at least 4 members (excludes halogenated alkanes) is 14. The van der Waals surface area contributed by atoms with Gasteiger partial charge in [-0.25, -0.2) is 0 Å². The van der Waals surface area contributed by atoms with E-state index in [1.165, 1.54) is 77.0 Å². The van der Waals surface area contributed by atoms with Gasteiger partial charge in [0.15, 0.2) is 0 Å². The molecular formula is C20H42O4S. The molecule has 0 aromatic heterocycles. The lowest BCUT2D eigenvalue weighted by atomic mass is 10.0. The molecule has 0 radical (unpaired) electrons. The fourth-order valence-electron chi connectivity index (χ4n) is 3.33. The Kier molecular flexibility index (Phi) is 17.2. The summed E-state index contributed by atoms with van der Waals surface area (Å²) in [6, 6.07) is 0. The van der Waals surface area contributed by atoms with Gasteiger partial charge in [-0.2, -0.15) is 8.42 Å². The van der Waals surface area contributed by atoms with Crippen LogP contribution in [0.1, 0.15) is 116 Å². The van der Waals surface area contributed by atoms with Crippen LogP contribution in [0.15, 0.2) is 0 Å². The highest BCUT2D eigenvalue weighted by molar-refractivity contribution is 7.86. The van der Waals surface area contributed by atoms with Gasteiger partial charge in [-0.05, 0) is 12.8 Å². The SMILES string of the molecule is CCCCCCCCCCCCCCCCCC(CCO)S(=O)(=O)O. The van der Waals surface area contributed by atoms with Crippen LogP contribution in [0.2, 0.25) is 0 Å². The molecule has 0 fully saturated rings. The van der Waals surface area contributed by atoms with Crippen molar-refractivity contribution in [1.29, 1.82) is 0 Å². The number of rotatable bonds is 19. The Morgan fingerprint density at radius 2 is 1.00 bits per heavy atom. The second kappa shape index (κ2) is 17.3. The van der Waals surface area contributed by atoms with Crippen LogP contribution in [0, 0.1) is 0 Å². The molecule has 0 aliphatic carbocycles. The van der Waals surface area contributed by atoms with E-state index in [1.807, 2.05) is 0 Å². The molecule has 1 unspecified atom stereocenters. The molecule has 0 heterocycles. The molecule has 25 heavy (non-hydrogen) atoms. The van der Waals surface area contributed by atoms with Gasteiger partial charge in [-0.1, -0.05) is 103 Å². The minimum absolute atomic E-state index is 0.136. The van der Waals surface area contributed by atoms with E-state index in [1.54, 1.807) is 0 Å². The van der Waals surface area contributed by atoms with Crippen molar-refractivity contribution in [2.24, 2.45) is 0 Å². The van der Waals surface area contributed by atoms with Crippen LogP contribution in [0.4, 0.5) is 0 Å². The van der Waals surface area contributed by atoms with E-state index in [0.29, 0.717) is 6.42 Å². The van der Waals surface area contributed by atoms with Crippen molar-refractivity contribution in [2.45, 2.75) is 121 Å². The van der Waals surface area contributed by atoms with Crippen molar-refractivity contribution in [3.8, 4) is 0 Å². The molecule has 2 N–H and O–H groups in total. The van der Waals surface area contributed by atoms with Gasteiger partial charge in [-0.3, -0.25) is 4.55 Å². The molecule has 1 atom stereocenters. The Morgan fingerprint density at radius 1 is 0.640 bits per heavy atom. The van der Waals surface area contributed by atoms with Crippen molar-refractivity contribution in [2.75, 3.05) is 6.61 Å². The largest absolute Gasteiger partial charge is 0.396 e. The summed E-state index contributed by atoms with van der Waals surface area (Å²) in [7, 11) is -4.01. The third kappa shape index (κ3) is 17.1. The predicted molar refractivity (Wildman–Crippen MR) is 107 cm³/mol. The maximum atomic E-state index is 11.1. The molecule has 0 bridgehead atoms. The van der Waals surface area contributed by atoms with Crippen molar-refractivity contribution in [3.05, 3.63) is 0 Å². The van der Waals surface area contributed by atoms with Gasteiger partial charge in [0.2, 0.25) is 0 Å². The zero-order valence-electron chi connectivity index (χ0n) is 16.4. The van der Waals surface area contributed by atoms with E-state index in [4.69, 9.17) is 9.66 Å². The zero-order valence-corrected chi connectivity index (χ0v) is 17.2. The molecule has 0 spiro atoms. The molecule has 5 heteroatoms. The number of hydrogen-bond acceptors (Lipinski definition) is 3. The highest BCUT2D eigenvalue weighted by Gasteiger charge is 2.21. The first-order chi connectivity index (χ1) is 12.0. The minimum Gasteiger partial charge on any atom is -0.396 e. The third-order valence-electron chi connectivity index (χ3n) is 5.00. The zero-order chi connectivity index (χ0) is 18.8. The van der Waals surface area contributed by atoms with E-state index in [2.05, 4.69) is 6.92 Å². The minimum atomic E-state index is -4.01. The standard InChI is InChI=1S/C20H42O4S/c1-2-3-4-5-6-7-8-9-10-11-12-13-14-15-16-17-20(18-19-21)25(22,23)24/h20-21H,2-19H2,1H3,(H,22,23,24). The van der Waals surface area contributed by atoms with Crippen LogP contribution in [0.3, 0.4) is 0 Å². The average Bonchev–Trinajstić information content (AvgIpc) is 2.56. The molecule has 0 saturated heterocycles. The molecule has 0 rings (SSSR count). The molecule has 152 valence electrons. The van der Waals surface area contributed by atoms with E-state index < -0.39 is 15.4 Å². The highest BCUT2D eigenvalue weighted by atomic mass is 32.2. The van der Waals surface area contributed by atoms with E-state index in [0.717, 1.165) is 19.3 Å². The van der Waals surface area contributed by atoms with Crippen molar-refractivity contribution < 1.29 is 18.1 Å². The first kappa shape index (κ1) is 24.9. The lowest BCUT2D eigenvalue weighted by Gasteiger charge is -2.12. The van der Waals surface area contributed by atoms with Gasteiger partial charge >= 0.3 is 0 Å². The molecular weight excluding hydrogens is 336 g/mol. The van der Waals surface area contributed by atoms with Crippen LogP contribution in [0.25, 0.3) is 0 Å². The first-order valence-corrected chi connectivity index (χ1v) is 12.1. The molecule has 0 aliphatic heterocycles. The summed E-state index contributed by atoms with van der Waals surface area (Å²) in [4.78, 5) is 0. The quantitative estimate of drug-likeness (QED) is 0.217. The van der Waals surface area contributed by atoms with E-state index in [-0.39, 0.29) is 13.0 Å². The maximum absolute atomic E-state index is 11.1. The first-order valence-electron chi connectivity index (χ1n) is 10.6. The normalized spacial score (nSPS) is 13.2. The summed E-state index contributed by atoms with van der Waals surface area (Å²) in [6.07, 6.45) is 19.8. The second-order valence-electron chi connectivity index (χ2n) is 7.39. The molecule has 0 aromatic rings. The van der Waals surface area contributed by atoms with E-state index in [9.17, 15) is 8.42 Å². The molecule has 0 amide bonds. The average molecular weight is 379 g/mol. The summed E-state index contributed by atoms with van der Waals surface area (Å²) in [5.74, 6) is 0. The predicted octanol–water partition coefficient (Wildman–Crippen LogP) is 5.89. The summed E-state index contributed by atoms with van der Waals surface area (Å²) < 4.78 is 31.4. The molecule has 4 nitrogen and oxygen atoms in total. The smallest absolute Gasteiger partial charge is 0.267 e. The van der Waals surface area contributed by atoms with Crippen LogP contribution in [-0.4, -0.2) is 29.9 Å². The van der Waals surface area contributed by atoms with Crippen LogP contribution in [-0.2, 0) is 10.1 Å². The number of hydrogen-bond donors (Lipinski definition) is 2. The maximum Gasteiger partial charge on any atom is 0.267 e. The van der Waals surface area contributed by atoms with Gasteiger partial charge < -0.3 is 5.11 Å². The summed E-state index contributed by atoms with van der Waals surface area (Å²) in [5, 5.41) is 8.06. The van der Waals surface area contributed by atoms with Crippen LogP contribution < -0.4 is 0 Å². The number of aliphatic hydroxyl groups is 1. The Balaban J connectivity index is 3.31. The number of aliphatic hydroxyl groups excluding tert-OH is 1. The van der Waals surface area contributed by atoms with Gasteiger partial charge in [0.25, 0.3) is 10.1 Å². The third-order valence-corrected chi connectivity index (χ3v) is 6.32. The van der Waals surface area contributed by atoms with E-state index >= 15 is 0 Å². The van der Waals surface area contributed by atoms with Crippen LogP contribution >= 0.6 is 0 Å². The molecule has 0 aromatic carbocycles. The van der Waals surface area contributed by atoms with Gasteiger partial charge in [0.05, 0.1) is 5.25 Å². The fourth-order valence-corrected chi connectivity index (χ4v) is 4.20. The monoisotopic (exact) mass is 378 g/mol. The summed E-state index contributed by atoms with van der Waals surface area (Å²) in [6.45, 7) is 2.07. The summed E-state index contributed by atoms with van der Waals surface area (Å²) in [5.41, 5.74) is 0. The second-order valence-corrected chi connectivity index (χ2v) is 9.08. The van der Waals surface area contributed by atoms with Crippen LogP contribution in [0.5, 0.6) is 0 Å². The molecule has 0 aliphatic rings. The topological polar surface area (TPSA) is 74.6 Å². The van der Waals surface area contributed by atoms with Crippen molar-refractivity contribution in [1.82, 2.24) is 0 Å². The van der Waals surface area contributed by atoms with Crippen molar-refractivity contribution in [3.63, 3.8) is 0 Å². The van der Waals surface area contributed by atoms with Crippen molar-refractivity contribution >= 4 is 10.1 Å². The Morgan fingerprint density at radius 3 is 1.32 bits per heavy atom. The Hall–Kier alpha value is -0.130. The summed E-state index contributed by atoms with van der Waals surface area (Å²) >= 11 is 0. The lowest BCUT2D eigenvalue weighted by Crippen LogP contribution is -2.21. The lowest BCUT2D eigenvalue weighted by molar-refractivity contribution is 0.279. The fraction of sp³-hybridized carbons (Fsp3) is 1.00. The highest BCUT2D eigenvalue weighted by Crippen LogP contribution is 2.16.